The summed E-state index contributed by atoms with van der Waals surface area (Å²) in [5.74, 6) is 0.430. The topological polar surface area (TPSA) is 63.2 Å². The van der Waals surface area contributed by atoms with E-state index in [4.69, 9.17) is 4.74 Å². The summed E-state index contributed by atoms with van der Waals surface area (Å²) in [6.45, 7) is 5.05. The fraction of sp³-hybridized carbons (Fsp3) is 0.429. The third-order valence-corrected chi connectivity index (χ3v) is 5.47. The number of aromatic nitrogens is 1. The molecule has 0 bridgehead atoms. The lowest BCUT2D eigenvalue weighted by atomic mass is 9.96. The van der Waals surface area contributed by atoms with E-state index in [9.17, 15) is 9.18 Å². The lowest BCUT2D eigenvalue weighted by Gasteiger charge is -2.22. The highest BCUT2D eigenvalue weighted by Crippen LogP contribution is 2.38. The molecule has 5 nitrogen and oxygen atoms in total. The fourth-order valence-corrected chi connectivity index (χ4v) is 4.15. The second-order valence-electron chi connectivity index (χ2n) is 7.32. The molecule has 1 amide bonds. The predicted molar refractivity (Wildman–Crippen MR) is 101 cm³/mol. The van der Waals surface area contributed by atoms with Gasteiger partial charge in [-0.05, 0) is 69.0 Å². The second-order valence-corrected chi connectivity index (χ2v) is 7.32. The average Bonchev–Trinajstić information content (AvgIpc) is 3.24. The fourth-order valence-electron chi connectivity index (χ4n) is 4.15. The molecule has 2 aliphatic heterocycles. The SMILES string of the molecule is CCOc1ccc(F)c(-c2cc(C)nc([C@@H]3CC[C@@]4(CCNC4=O)N3)c2)c1. The number of halogens is 1. The monoisotopic (exact) mass is 369 g/mol. The molecule has 27 heavy (non-hydrogen) atoms. The Labute approximate surface area is 158 Å². The van der Waals surface area contributed by atoms with E-state index in [0.717, 1.165) is 36.2 Å². The van der Waals surface area contributed by atoms with E-state index >= 15 is 0 Å². The van der Waals surface area contributed by atoms with E-state index in [1.54, 1.807) is 12.1 Å². The molecule has 2 fully saturated rings. The number of aryl methyl sites for hydroxylation is 1. The third-order valence-electron chi connectivity index (χ3n) is 5.47. The minimum atomic E-state index is -0.476. The molecule has 2 saturated heterocycles. The van der Waals surface area contributed by atoms with Gasteiger partial charge in [-0.2, -0.15) is 0 Å². The third kappa shape index (κ3) is 3.30. The Morgan fingerprint density at radius 2 is 2.15 bits per heavy atom. The molecule has 2 N–H and O–H groups in total. The molecule has 1 aromatic carbocycles. The number of hydrogen-bond acceptors (Lipinski definition) is 4. The van der Waals surface area contributed by atoms with Gasteiger partial charge in [-0.1, -0.05) is 0 Å². The van der Waals surface area contributed by atoms with Crippen molar-refractivity contribution in [2.24, 2.45) is 0 Å². The van der Waals surface area contributed by atoms with Crippen LogP contribution in [0.1, 0.15) is 43.6 Å². The van der Waals surface area contributed by atoms with E-state index in [1.165, 1.54) is 6.07 Å². The van der Waals surface area contributed by atoms with Crippen LogP contribution in [0.4, 0.5) is 4.39 Å². The van der Waals surface area contributed by atoms with Crippen LogP contribution >= 0.6 is 0 Å². The number of nitrogens with zero attached hydrogens (tertiary/aromatic N) is 1. The van der Waals surface area contributed by atoms with Crippen LogP contribution in [0.2, 0.25) is 0 Å². The summed E-state index contributed by atoms with van der Waals surface area (Å²) in [6.07, 6.45) is 2.43. The summed E-state index contributed by atoms with van der Waals surface area (Å²) in [7, 11) is 0. The molecule has 0 unspecified atom stereocenters. The van der Waals surface area contributed by atoms with Gasteiger partial charge in [0.2, 0.25) is 5.91 Å². The van der Waals surface area contributed by atoms with Crippen molar-refractivity contribution in [2.75, 3.05) is 13.2 Å². The highest BCUT2D eigenvalue weighted by atomic mass is 19.1. The number of carbonyl (C=O) groups excluding carboxylic acids is 1. The highest BCUT2D eigenvalue weighted by molar-refractivity contribution is 5.88. The van der Waals surface area contributed by atoms with E-state index in [2.05, 4.69) is 15.6 Å². The highest BCUT2D eigenvalue weighted by Gasteiger charge is 2.48. The maximum Gasteiger partial charge on any atom is 0.240 e. The molecule has 1 aromatic heterocycles. The van der Waals surface area contributed by atoms with Gasteiger partial charge in [0.15, 0.2) is 0 Å². The maximum absolute atomic E-state index is 14.5. The summed E-state index contributed by atoms with van der Waals surface area (Å²) in [5, 5.41) is 6.40. The molecule has 1 spiro atoms. The summed E-state index contributed by atoms with van der Waals surface area (Å²) >= 11 is 0. The number of carbonyl (C=O) groups is 1. The van der Waals surface area contributed by atoms with Crippen LogP contribution in [0, 0.1) is 12.7 Å². The van der Waals surface area contributed by atoms with Crippen molar-refractivity contribution >= 4 is 5.91 Å². The van der Waals surface area contributed by atoms with Gasteiger partial charge < -0.3 is 10.1 Å². The molecule has 2 atom stereocenters. The lowest BCUT2D eigenvalue weighted by Crippen LogP contribution is -2.47. The number of rotatable bonds is 4. The van der Waals surface area contributed by atoms with Crippen LogP contribution in [0.25, 0.3) is 11.1 Å². The molecule has 142 valence electrons. The largest absolute Gasteiger partial charge is 0.494 e. The normalized spacial score (nSPS) is 24.4. The molecular weight excluding hydrogens is 345 g/mol. The van der Waals surface area contributed by atoms with Crippen molar-refractivity contribution < 1.29 is 13.9 Å². The van der Waals surface area contributed by atoms with Gasteiger partial charge in [0.1, 0.15) is 17.1 Å². The molecule has 2 aromatic rings. The van der Waals surface area contributed by atoms with Crippen LogP contribution in [-0.2, 0) is 4.79 Å². The van der Waals surface area contributed by atoms with Crippen LogP contribution in [0.5, 0.6) is 5.75 Å². The second kappa shape index (κ2) is 6.93. The first-order valence-electron chi connectivity index (χ1n) is 9.48. The van der Waals surface area contributed by atoms with Gasteiger partial charge in [-0.3, -0.25) is 15.1 Å². The molecule has 0 aliphatic carbocycles. The summed E-state index contributed by atoms with van der Waals surface area (Å²) in [6, 6.07) is 8.59. The minimum absolute atomic E-state index is 0.00867. The number of benzene rings is 1. The van der Waals surface area contributed by atoms with Crippen molar-refractivity contribution in [1.29, 1.82) is 0 Å². The average molecular weight is 369 g/mol. The molecule has 6 heteroatoms. The first kappa shape index (κ1) is 17.9. The number of amides is 1. The minimum Gasteiger partial charge on any atom is -0.494 e. The zero-order chi connectivity index (χ0) is 19.0. The van der Waals surface area contributed by atoms with E-state index in [-0.39, 0.29) is 17.8 Å². The zero-order valence-electron chi connectivity index (χ0n) is 15.6. The molecule has 2 aliphatic rings. The van der Waals surface area contributed by atoms with Gasteiger partial charge >= 0.3 is 0 Å². The molecule has 0 radical (unpaired) electrons. The van der Waals surface area contributed by atoms with E-state index in [1.807, 2.05) is 26.0 Å². The van der Waals surface area contributed by atoms with E-state index in [0.29, 0.717) is 24.5 Å². The smallest absolute Gasteiger partial charge is 0.240 e. The predicted octanol–water partition coefficient (Wildman–Crippen LogP) is 3.28. The van der Waals surface area contributed by atoms with Crippen molar-refractivity contribution in [3.8, 4) is 16.9 Å². The Morgan fingerprint density at radius 1 is 1.30 bits per heavy atom. The standard InChI is InChI=1S/C21H24FN3O2/c1-3-27-15-4-5-17(22)16(12-15)14-10-13(2)24-19(11-14)18-6-7-21(25-18)8-9-23-20(21)26/h4-5,10-12,18,25H,3,6-9H2,1-2H3,(H,23,26)/t18-,21-/m0/s1. The van der Waals surface area contributed by atoms with Crippen LogP contribution in [-0.4, -0.2) is 29.6 Å². The van der Waals surface area contributed by atoms with Crippen molar-refractivity contribution in [3.05, 3.63) is 47.5 Å². The Kier molecular flexibility index (Phi) is 4.60. The lowest BCUT2D eigenvalue weighted by molar-refractivity contribution is -0.124. The first-order valence-corrected chi connectivity index (χ1v) is 9.48. The van der Waals surface area contributed by atoms with Gasteiger partial charge in [-0.25, -0.2) is 4.39 Å². The summed E-state index contributed by atoms with van der Waals surface area (Å²) < 4.78 is 20.0. The Morgan fingerprint density at radius 3 is 2.89 bits per heavy atom. The molecule has 4 rings (SSSR count). The Bertz CT molecular complexity index is 886. The molecular formula is C21H24FN3O2. The van der Waals surface area contributed by atoms with Crippen LogP contribution < -0.4 is 15.4 Å². The van der Waals surface area contributed by atoms with Gasteiger partial charge in [-0.15, -0.1) is 0 Å². The molecule has 3 heterocycles. The van der Waals surface area contributed by atoms with Crippen molar-refractivity contribution in [1.82, 2.24) is 15.6 Å². The quantitative estimate of drug-likeness (QED) is 0.868. The van der Waals surface area contributed by atoms with Gasteiger partial charge in [0.25, 0.3) is 0 Å². The van der Waals surface area contributed by atoms with Crippen LogP contribution in [0.15, 0.2) is 30.3 Å². The van der Waals surface area contributed by atoms with Crippen molar-refractivity contribution in [3.63, 3.8) is 0 Å². The van der Waals surface area contributed by atoms with Gasteiger partial charge in [0.05, 0.1) is 18.3 Å². The van der Waals surface area contributed by atoms with Crippen LogP contribution in [0.3, 0.4) is 0 Å². The summed E-state index contributed by atoms with van der Waals surface area (Å²) in [4.78, 5) is 16.9. The van der Waals surface area contributed by atoms with Gasteiger partial charge in [0, 0.05) is 17.8 Å². The Hall–Kier alpha value is -2.47. The maximum atomic E-state index is 14.5. The van der Waals surface area contributed by atoms with E-state index < -0.39 is 5.54 Å². The number of hydrogen-bond donors (Lipinski definition) is 2. The Balaban J connectivity index is 1.67. The zero-order valence-corrected chi connectivity index (χ0v) is 15.6. The first-order chi connectivity index (χ1) is 13.0. The molecule has 0 saturated carbocycles. The number of nitrogens with one attached hydrogen (secondary N) is 2. The summed E-state index contributed by atoms with van der Waals surface area (Å²) in [5.41, 5.74) is 2.47. The number of ether oxygens (including phenoxy) is 1. The van der Waals surface area contributed by atoms with Crippen molar-refractivity contribution in [2.45, 2.75) is 44.7 Å². The number of pyridine rings is 1.